The fraction of sp³-hybridized carbons (Fsp3) is 0.533. The van der Waals surface area contributed by atoms with Crippen molar-refractivity contribution in [3.05, 3.63) is 35.4 Å². The Hall–Kier alpha value is -1.39. The molecule has 4 heteroatoms. The van der Waals surface area contributed by atoms with E-state index in [-0.39, 0.29) is 12.0 Å². The van der Waals surface area contributed by atoms with Crippen LogP contribution >= 0.6 is 0 Å². The minimum Gasteiger partial charge on any atom is -0.468 e. The van der Waals surface area contributed by atoms with Crippen LogP contribution in [-0.4, -0.2) is 56.1 Å². The van der Waals surface area contributed by atoms with Crippen LogP contribution in [0, 0.1) is 6.92 Å². The molecule has 1 fully saturated rings. The molecule has 0 spiro atoms. The van der Waals surface area contributed by atoms with E-state index in [1.165, 1.54) is 12.7 Å². The number of carbonyl (C=O) groups is 1. The second-order valence-corrected chi connectivity index (χ2v) is 5.18. The average Bonchev–Trinajstić information content (AvgIpc) is 2.43. The minimum atomic E-state index is -0.278. The van der Waals surface area contributed by atoms with Gasteiger partial charge in [-0.15, -0.1) is 0 Å². The molecular formula is C15H22N2O2. The highest BCUT2D eigenvalue weighted by Crippen LogP contribution is 2.23. The Morgan fingerprint density at radius 1 is 1.16 bits per heavy atom. The zero-order valence-electron chi connectivity index (χ0n) is 11.9. The summed E-state index contributed by atoms with van der Waals surface area (Å²) in [6.07, 6.45) is 0. The van der Waals surface area contributed by atoms with Gasteiger partial charge in [-0.2, -0.15) is 0 Å². The summed E-state index contributed by atoms with van der Waals surface area (Å²) in [4.78, 5) is 16.6. The molecule has 1 heterocycles. The molecule has 1 aromatic carbocycles. The molecule has 0 amide bonds. The fourth-order valence-electron chi connectivity index (χ4n) is 2.44. The van der Waals surface area contributed by atoms with Crippen LogP contribution in [0.3, 0.4) is 0 Å². The number of piperazine rings is 1. The maximum atomic E-state index is 12.1. The predicted octanol–water partition coefficient (Wildman–Crippen LogP) is 1.46. The highest BCUT2D eigenvalue weighted by molar-refractivity contribution is 5.77. The molecule has 1 atom stereocenters. The summed E-state index contributed by atoms with van der Waals surface area (Å²) in [5.74, 6) is -0.173. The zero-order valence-corrected chi connectivity index (χ0v) is 11.9. The smallest absolute Gasteiger partial charge is 0.327 e. The summed E-state index contributed by atoms with van der Waals surface area (Å²) in [6.45, 7) is 5.81. The van der Waals surface area contributed by atoms with Gasteiger partial charge in [0.2, 0.25) is 0 Å². The van der Waals surface area contributed by atoms with Crippen LogP contribution in [0.2, 0.25) is 0 Å². The Morgan fingerprint density at radius 3 is 2.26 bits per heavy atom. The Bertz CT molecular complexity index is 422. The molecular weight excluding hydrogens is 240 g/mol. The van der Waals surface area contributed by atoms with E-state index in [0.29, 0.717) is 0 Å². The molecule has 1 aromatic rings. The molecule has 4 nitrogen and oxygen atoms in total. The van der Waals surface area contributed by atoms with E-state index in [4.69, 9.17) is 4.74 Å². The minimum absolute atomic E-state index is 0.173. The van der Waals surface area contributed by atoms with Crippen LogP contribution in [0.25, 0.3) is 0 Å². The van der Waals surface area contributed by atoms with Gasteiger partial charge in [-0.3, -0.25) is 4.90 Å². The quantitative estimate of drug-likeness (QED) is 0.772. The van der Waals surface area contributed by atoms with Crippen molar-refractivity contribution in [2.24, 2.45) is 0 Å². The van der Waals surface area contributed by atoms with Gasteiger partial charge >= 0.3 is 5.97 Å². The number of nitrogens with zero attached hydrogens (tertiary/aromatic N) is 2. The molecule has 1 aliphatic heterocycles. The first-order chi connectivity index (χ1) is 9.11. The van der Waals surface area contributed by atoms with Crippen molar-refractivity contribution in [1.29, 1.82) is 0 Å². The van der Waals surface area contributed by atoms with Gasteiger partial charge in [-0.25, -0.2) is 4.79 Å². The van der Waals surface area contributed by atoms with E-state index in [0.717, 1.165) is 31.7 Å². The molecule has 0 radical (unpaired) electrons. The molecule has 0 aliphatic carbocycles. The van der Waals surface area contributed by atoms with E-state index in [2.05, 4.69) is 16.8 Å². The first-order valence-corrected chi connectivity index (χ1v) is 6.69. The Morgan fingerprint density at radius 2 is 1.74 bits per heavy atom. The van der Waals surface area contributed by atoms with Gasteiger partial charge in [0.25, 0.3) is 0 Å². The van der Waals surface area contributed by atoms with Crippen molar-refractivity contribution in [3.63, 3.8) is 0 Å². The molecule has 0 aromatic heterocycles. The monoisotopic (exact) mass is 262 g/mol. The number of likely N-dealkylation sites (N-methyl/N-ethyl adjacent to an activating group) is 1. The third-order valence-corrected chi connectivity index (χ3v) is 3.72. The molecule has 1 unspecified atom stereocenters. The predicted molar refractivity (Wildman–Crippen MR) is 75.0 cm³/mol. The van der Waals surface area contributed by atoms with Gasteiger partial charge < -0.3 is 9.64 Å². The summed E-state index contributed by atoms with van der Waals surface area (Å²) >= 11 is 0. The molecule has 1 saturated heterocycles. The van der Waals surface area contributed by atoms with E-state index in [1.54, 1.807) is 0 Å². The third-order valence-electron chi connectivity index (χ3n) is 3.72. The standard InChI is InChI=1S/C15H22N2O2/c1-12-4-6-13(7-5-12)14(15(18)19-3)17-10-8-16(2)9-11-17/h4-7,14H,8-11H2,1-3H3. The van der Waals surface area contributed by atoms with Gasteiger partial charge in [0.1, 0.15) is 6.04 Å². The lowest BCUT2D eigenvalue weighted by molar-refractivity contribution is -0.148. The fourth-order valence-corrected chi connectivity index (χ4v) is 2.44. The lowest BCUT2D eigenvalue weighted by Crippen LogP contribution is -2.48. The summed E-state index contributed by atoms with van der Waals surface area (Å²) in [5.41, 5.74) is 2.22. The van der Waals surface area contributed by atoms with E-state index in [1.807, 2.05) is 31.2 Å². The summed E-state index contributed by atoms with van der Waals surface area (Å²) in [5, 5.41) is 0. The number of methoxy groups -OCH3 is 1. The molecule has 0 bridgehead atoms. The van der Waals surface area contributed by atoms with E-state index < -0.39 is 0 Å². The number of hydrogen-bond donors (Lipinski definition) is 0. The van der Waals surface area contributed by atoms with Crippen LogP contribution in [0.15, 0.2) is 24.3 Å². The second kappa shape index (κ2) is 6.17. The van der Waals surface area contributed by atoms with Crippen LogP contribution in [-0.2, 0) is 9.53 Å². The summed E-state index contributed by atoms with van der Waals surface area (Å²) in [6, 6.07) is 7.85. The van der Waals surface area contributed by atoms with Gasteiger partial charge in [-0.1, -0.05) is 29.8 Å². The molecule has 1 aliphatic rings. The van der Waals surface area contributed by atoms with Crippen LogP contribution in [0.5, 0.6) is 0 Å². The van der Waals surface area contributed by atoms with Gasteiger partial charge in [0.05, 0.1) is 7.11 Å². The largest absolute Gasteiger partial charge is 0.468 e. The Kier molecular flexibility index (Phi) is 4.56. The van der Waals surface area contributed by atoms with Gasteiger partial charge in [0.15, 0.2) is 0 Å². The van der Waals surface area contributed by atoms with Crippen LogP contribution in [0.4, 0.5) is 0 Å². The van der Waals surface area contributed by atoms with Crippen molar-refractivity contribution in [1.82, 2.24) is 9.80 Å². The number of hydrogen-bond acceptors (Lipinski definition) is 4. The SMILES string of the molecule is COC(=O)C(c1ccc(C)cc1)N1CCN(C)CC1. The molecule has 2 rings (SSSR count). The Labute approximate surface area is 115 Å². The maximum absolute atomic E-state index is 12.1. The lowest BCUT2D eigenvalue weighted by Gasteiger charge is -2.36. The summed E-state index contributed by atoms with van der Waals surface area (Å²) < 4.78 is 4.98. The normalized spacial score (nSPS) is 19.1. The number of carbonyl (C=O) groups excluding carboxylic acids is 1. The lowest BCUT2D eigenvalue weighted by atomic mass is 10.0. The number of ether oxygens (including phenoxy) is 1. The van der Waals surface area contributed by atoms with Gasteiger partial charge in [-0.05, 0) is 19.5 Å². The van der Waals surface area contributed by atoms with E-state index >= 15 is 0 Å². The highest BCUT2D eigenvalue weighted by atomic mass is 16.5. The topological polar surface area (TPSA) is 32.8 Å². The highest BCUT2D eigenvalue weighted by Gasteiger charge is 2.30. The van der Waals surface area contributed by atoms with Crippen molar-refractivity contribution < 1.29 is 9.53 Å². The number of aryl methyl sites for hydroxylation is 1. The third kappa shape index (κ3) is 3.33. The molecule has 104 valence electrons. The second-order valence-electron chi connectivity index (χ2n) is 5.18. The maximum Gasteiger partial charge on any atom is 0.327 e. The molecule has 19 heavy (non-hydrogen) atoms. The van der Waals surface area contributed by atoms with Crippen LogP contribution < -0.4 is 0 Å². The zero-order chi connectivity index (χ0) is 13.8. The van der Waals surface area contributed by atoms with Crippen molar-refractivity contribution in [2.45, 2.75) is 13.0 Å². The first-order valence-electron chi connectivity index (χ1n) is 6.69. The van der Waals surface area contributed by atoms with Crippen molar-refractivity contribution in [3.8, 4) is 0 Å². The first kappa shape index (κ1) is 14.0. The summed E-state index contributed by atoms with van der Waals surface area (Å²) in [7, 11) is 3.57. The average molecular weight is 262 g/mol. The van der Waals surface area contributed by atoms with Gasteiger partial charge in [0, 0.05) is 26.2 Å². The van der Waals surface area contributed by atoms with Crippen molar-refractivity contribution in [2.75, 3.05) is 40.3 Å². The Balaban J connectivity index is 2.21. The molecule has 0 saturated carbocycles. The number of rotatable bonds is 3. The van der Waals surface area contributed by atoms with Crippen molar-refractivity contribution >= 4 is 5.97 Å². The number of benzene rings is 1. The number of esters is 1. The van der Waals surface area contributed by atoms with E-state index in [9.17, 15) is 4.79 Å². The molecule has 0 N–H and O–H groups in total. The van der Waals surface area contributed by atoms with Crippen LogP contribution in [0.1, 0.15) is 17.2 Å².